The first kappa shape index (κ1) is 14.7. The first-order valence-electron chi connectivity index (χ1n) is 7.98. The molecular formula is C15H18N8O. The lowest BCUT2D eigenvalue weighted by molar-refractivity contribution is 0.0669. The summed E-state index contributed by atoms with van der Waals surface area (Å²) in [6, 6.07) is 2.16. The van der Waals surface area contributed by atoms with Gasteiger partial charge in [0.2, 0.25) is 5.82 Å². The molecule has 0 saturated carbocycles. The van der Waals surface area contributed by atoms with Crippen LogP contribution in [-0.4, -0.2) is 58.5 Å². The summed E-state index contributed by atoms with van der Waals surface area (Å²) in [5.41, 5.74) is 1.76. The standard InChI is InChI=1S/C15H18N8O/c1-10-9-11(2)22-13(19-20-15(22)18-10)14(24)21-7-3-12(4-8-21)23-16-5-6-17-23/h5-6,9,12H,3-4,7-8H2,1-2H3. The fraction of sp³-hybridized carbons (Fsp3) is 0.467. The molecule has 3 aromatic heterocycles. The Morgan fingerprint density at radius 3 is 2.54 bits per heavy atom. The highest BCUT2D eigenvalue weighted by atomic mass is 16.2. The summed E-state index contributed by atoms with van der Waals surface area (Å²) in [6.07, 6.45) is 5.01. The molecule has 4 rings (SSSR count). The van der Waals surface area contributed by atoms with Crippen molar-refractivity contribution in [3.05, 3.63) is 35.7 Å². The molecule has 1 saturated heterocycles. The van der Waals surface area contributed by atoms with Crippen LogP contribution in [0, 0.1) is 13.8 Å². The molecule has 0 N–H and O–H groups in total. The molecule has 9 heteroatoms. The minimum atomic E-state index is -0.108. The Labute approximate surface area is 138 Å². The number of amides is 1. The number of carbonyl (C=O) groups is 1. The Kier molecular flexibility index (Phi) is 3.47. The van der Waals surface area contributed by atoms with Gasteiger partial charge in [-0.25, -0.2) is 4.98 Å². The van der Waals surface area contributed by atoms with Gasteiger partial charge in [0.05, 0.1) is 18.4 Å². The maximum atomic E-state index is 12.8. The van der Waals surface area contributed by atoms with Crippen LogP contribution >= 0.6 is 0 Å². The van der Waals surface area contributed by atoms with E-state index in [1.165, 1.54) is 0 Å². The zero-order valence-corrected chi connectivity index (χ0v) is 13.6. The summed E-state index contributed by atoms with van der Waals surface area (Å²) in [5.74, 6) is 0.681. The van der Waals surface area contributed by atoms with Crippen molar-refractivity contribution in [3.8, 4) is 0 Å². The van der Waals surface area contributed by atoms with Crippen molar-refractivity contribution in [3.63, 3.8) is 0 Å². The summed E-state index contributed by atoms with van der Waals surface area (Å²) < 4.78 is 1.72. The van der Waals surface area contributed by atoms with Crippen molar-refractivity contribution in [2.75, 3.05) is 13.1 Å². The lowest BCUT2D eigenvalue weighted by atomic mass is 10.1. The molecule has 24 heavy (non-hydrogen) atoms. The molecule has 1 aliphatic heterocycles. The fourth-order valence-corrected chi connectivity index (χ4v) is 3.22. The zero-order valence-electron chi connectivity index (χ0n) is 13.6. The van der Waals surface area contributed by atoms with Crippen LogP contribution in [0.1, 0.15) is 40.9 Å². The molecule has 1 fully saturated rings. The Morgan fingerprint density at radius 1 is 1.12 bits per heavy atom. The quantitative estimate of drug-likeness (QED) is 0.692. The molecule has 0 unspecified atom stereocenters. The van der Waals surface area contributed by atoms with Crippen molar-refractivity contribution in [1.29, 1.82) is 0 Å². The van der Waals surface area contributed by atoms with Crippen molar-refractivity contribution in [1.82, 2.24) is 39.5 Å². The zero-order chi connectivity index (χ0) is 16.7. The van der Waals surface area contributed by atoms with E-state index in [4.69, 9.17) is 0 Å². The molecular weight excluding hydrogens is 308 g/mol. The third-order valence-corrected chi connectivity index (χ3v) is 4.40. The Morgan fingerprint density at radius 2 is 1.83 bits per heavy atom. The van der Waals surface area contributed by atoms with Gasteiger partial charge < -0.3 is 4.90 Å². The molecule has 4 heterocycles. The van der Waals surface area contributed by atoms with Gasteiger partial charge in [-0.15, -0.1) is 10.2 Å². The van der Waals surface area contributed by atoms with Gasteiger partial charge in [0.25, 0.3) is 11.7 Å². The highest BCUT2D eigenvalue weighted by molar-refractivity contribution is 5.91. The van der Waals surface area contributed by atoms with Crippen LogP contribution in [0.25, 0.3) is 5.78 Å². The van der Waals surface area contributed by atoms with Gasteiger partial charge in [-0.05, 0) is 32.8 Å². The number of carbonyl (C=O) groups excluding carboxylic acids is 1. The molecule has 1 aliphatic rings. The van der Waals surface area contributed by atoms with Crippen molar-refractivity contribution in [2.45, 2.75) is 32.7 Å². The van der Waals surface area contributed by atoms with E-state index in [0.29, 0.717) is 24.7 Å². The van der Waals surface area contributed by atoms with E-state index < -0.39 is 0 Å². The second-order valence-corrected chi connectivity index (χ2v) is 6.07. The SMILES string of the molecule is Cc1cc(C)n2c(C(=O)N3CCC(n4nccn4)CC3)nnc2n1. The molecule has 0 atom stereocenters. The first-order valence-corrected chi connectivity index (χ1v) is 7.98. The van der Waals surface area contributed by atoms with Crippen LogP contribution in [0.3, 0.4) is 0 Å². The topological polar surface area (TPSA) is 94.1 Å². The Bertz CT molecular complexity index is 876. The molecule has 3 aromatic rings. The van der Waals surface area contributed by atoms with Crippen molar-refractivity contribution < 1.29 is 4.79 Å². The number of nitrogens with zero attached hydrogens (tertiary/aromatic N) is 8. The molecule has 0 radical (unpaired) electrons. The fourth-order valence-electron chi connectivity index (χ4n) is 3.22. The number of hydrogen-bond acceptors (Lipinski definition) is 6. The van der Waals surface area contributed by atoms with Gasteiger partial charge in [-0.2, -0.15) is 15.0 Å². The highest BCUT2D eigenvalue weighted by Crippen LogP contribution is 2.22. The van der Waals surface area contributed by atoms with E-state index in [1.807, 2.05) is 24.8 Å². The number of piperidine rings is 1. The van der Waals surface area contributed by atoms with Gasteiger partial charge in [-0.1, -0.05) is 0 Å². The number of aromatic nitrogens is 7. The van der Waals surface area contributed by atoms with Gasteiger partial charge in [0.15, 0.2) is 0 Å². The predicted octanol–water partition coefficient (Wildman–Crippen LogP) is 0.810. The van der Waals surface area contributed by atoms with E-state index in [2.05, 4.69) is 25.4 Å². The van der Waals surface area contributed by atoms with Crippen LogP contribution in [0.2, 0.25) is 0 Å². The summed E-state index contributed by atoms with van der Waals surface area (Å²) in [6.45, 7) is 5.13. The molecule has 0 bridgehead atoms. The van der Waals surface area contributed by atoms with Crippen molar-refractivity contribution >= 4 is 11.7 Å². The van der Waals surface area contributed by atoms with Gasteiger partial charge >= 0.3 is 0 Å². The monoisotopic (exact) mass is 326 g/mol. The number of aryl methyl sites for hydroxylation is 2. The summed E-state index contributed by atoms with van der Waals surface area (Å²) in [4.78, 5) is 20.7. The van der Waals surface area contributed by atoms with E-state index in [1.54, 1.807) is 21.6 Å². The number of hydrogen-bond donors (Lipinski definition) is 0. The number of fused-ring (bicyclic) bond motifs is 1. The van der Waals surface area contributed by atoms with Crippen LogP contribution in [0.15, 0.2) is 18.5 Å². The second kappa shape index (κ2) is 5.66. The largest absolute Gasteiger partial charge is 0.336 e. The van der Waals surface area contributed by atoms with Crippen LogP contribution < -0.4 is 0 Å². The van der Waals surface area contributed by atoms with Gasteiger partial charge in [0.1, 0.15) is 0 Å². The van der Waals surface area contributed by atoms with Crippen molar-refractivity contribution in [2.24, 2.45) is 0 Å². The van der Waals surface area contributed by atoms with E-state index >= 15 is 0 Å². The van der Waals surface area contributed by atoms with E-state index in [0.717, 1.165) is 24.2 Å². The van der Waals surface area contributed by atoms with E-state index in [-0.39, 0.29) is 11.9 Å². The van der Waals surface area contributed by atoms with Gasteiger partial charge in [-0.3, -0.25) is 9.20 Å². The molecule has 0 aliphatic carbocycles. The Hall–Kier alpha value is -2.84. The number of likely N-dealkylation sites (tertiary alicyclic amines) is 1. The minimum absolute atomic E-state index is 0.108. The normalized spacial score (nSPS) is 16.0. The summed E-state index contributed by atoms with van der Waals surface area (Å²) in [5, 5.41) is 16.5. The lowest BCUT2D eigenvalue weighted by Gasteiger charge is -2.30. The third-order valence-electron chi connectivity index (χ3n) is 4.40. The third kappa shape index (κ3) is 2.41. The predicted molar refractivity (Wildman–Crippen MR) is 84.5 cm³/mol. The lowest BCUT2D eigenvalue weighted by Crippen LogP contribution is -2.40. The Balaban J connectivity index is 1.55. The molecule has 0 spiro atoms. The molecule has 124 valence electrons. The summed E-state index contributed by atoms with van der Waals surface area (Å²) >= 11 is 0. The highest BCUT2D eigenvalue weighted by Gasteiger charge is 2.28. The van der Waals surface area contributed by atoms with Crippen LogP contribution in [0.4, 0.5) is 0 Å². The average molecular weight is 326 g/mol. The first-order chi connectivity index (χ1) is 11.6. The van der Waals surface area contributed by atoms with Crippen LogP contribution in [-0.2, 0) is 0 Å². The second-order valence-electron chi connectivity index (χ2n) is 6.07. The van der Waals surface area contributed by atoms with Crippen LogP contribution in [0.5, 0.6) is 0 Å². The summed E-state index contributed by atoms with van der Waals surface area (Å²) in [7, 11) is 0. The maximum Gasteiger partial charge on any atom is 0.292 e. The smallest absolute Gasteiger partial charge is 0.292 e. The molecule has 1 amide bonds. The molecule has 0 aromatic carbocycles. The minimum Gasteiger partial charge on any atom is -0.336 e. The number of rotatable bonds is 2. The average Bonchev–Trinajstić information content (AvgIpc) is 3.24. The molecule has 9 nitrogen and oxygen atoms in total. The van der Waals surface area contributed by atoms with Gasteiger partial charge in [0, 0.05) is 24.5 Å². The van der Waals surface area contributed by atoms with E-state index in [9.17, 15) is 4.79 Å². The maximum absolute atomic E-state index is 12.8.